The Morgan fingerprint density at radius 1 is 1.40 bits per heavy atom. The van der Waals surface area contributed by atoms with E-state index in [4.69, 9.17) is 5.73 Å². The van der Waals surface area contributed by atoms with Crippen molar-refractivity contribution in [1.82, 2.24) is 9.80 Å². The van der Waals surface area contributed by atoms with Crippen LogP contribution in [0.3, 0.4) is 0 Å². The molecule has 2 N–H and O–H groups in total. The molecule has 0 radical (unpaired) electrons. The first kappa shape index (κ1) is 12.9. The third-order valence-corrected chi connectivity index (χ3v) is 3.48. The zero-order valence-corrected chi connectivity index (χ0v) is 10.6. The number of hydrogen-bond acceptors (Lipinski definition) is 3. The Balaban J connectivity index is 2.13. The van der Waals surface area contributed by atoms with E-state index in [1.165, 1.54) is 38.9 Å². The molecule has 1 heterocycles. The average Bonchev–Trinajstić information content (AvgIpc) is 2.18. The van der Waals surface area contributed by atoms with Gasteiger partial charge in [-0.1, -0.05) is 0 Å². The second kappa shape index (κ2) is 6.46. The van der Waals surface area contributed by atoms with Gasteiger partial charge >= 0.3 is 0 Å². The van der Waals surface area contributed by atoms with Crippen LogP contribution in [0.25, 0.3) is 0 Å². The Labute approximate surface area is 94.6 Å². The molecular weight excluding hydrogens is 186 g/mol. The lowest BCUT2D eigenvalue weighted by atomic mass is 10.0. The summed E-state index contributed by atoms with van der Waals surface area (Å²) in [5.74, 6) is 0. The van der Waals surface area contributed by atoms with Crippen molar-refractivity contribution in [3.8, 4) is 0 Å². The maximum Gasteiger partial charge on any atom is 0.0117 e. The Bertz CT molecular complexity index is 162. The van der Waals surface area contributed by atoms with E-state index in [0.29, 0.717) is 6.04 Å². The lowest BCUT2D eigenvalue weighted by molar-refractivity contribution is 0.142. The predicted molar refractivity (Wildman–Crippen MR) is 66.0 cm³/mol. The van der Waals surface area contributed by atoms with Gasteiger partial charge in [-0.25, -0.2) is 0 Å². The van der Waals surface area contributed by atoms with E-state index >= 15 is 0 Å². The maximum absolute atomic E-state index is 5.75. The van der Waals surface area contributed by atoms with Crippen LogP contribution in [-0.2, 0) is 0 Å². The molecule has 0 spiro atoms. The summed E-state index contributed by atoms with van der Waals surface area (Å²) in [6, 6.07) is 1.16. The normalized spacial score (nSPS) is 22.2. The van der Waals surface area contributed by atoms with Gasteiger partial charge in [-0.15, -0.1) is 0 Å². The summed E-state index contributed by atoms with van der Waals surface area (Å²) >= 11 is 0. The van der Waals surface area contributed by atoms with Gasteiger partial charge in [0.2, 0.25) is 0 Å². The maximum atomic E-state index is 5.75. The molecule has 1 saturated heterocycles. The Morgan fingerprint density at radius 3 is 2.53 bits per heavy atom. The summed E-state index contributed by atoms with van der Waals surface area (Å²) in [6.07, 6.45) is 5.04. The molecule has 1 aliphatic heterocycles. The molecule has 1 fully saturated rings. The SMILES string of the molecule is CC(N)CCCN(C)C1CCN(C)CC1. The average molecular weight is 213 g/mol. The summed E-state index contributed by atoms with van der Waals surface area (Å²) < 4.78 is 0. The van der Waals surface area contributed by atoms with Crippen LogP contribution in [0.4, 0.5) is 0 Å². The molecule has 15 heavy (non-hydrogen) atoms. The fraction of sp³-hybridized carbons (Fsp3) is 1.00. The molecule has 90 valence electrons. The van der Waals surface area contributed by atoms with Crippen molar-refractivity contribution in [2.45, 2.75) is 44.7 Å². The van der Waals surface area contributed by atoms with Crippen LogP contribution in [-0.4, -0.2) is 55.6 Å². The van der Waals surface area contributed by atoms with Crippen molar-refractivity contribution in [3.05, 3.63) is 0 Å². The van der Waals surface area contributed by atoms with Crippen molar-refractivity contribution in [2.75, 3.05) is 33.7 Å². The Kier molecular flexibility index (Phi) is 5.58. The molecule has 3 heteroatoms. The summed E-state index contributed by atoms with van der Waals surface area (Å²) in [5.41, 5.74) is 5.75. The first-order valence-corrected chi connectivity index (χ1v) is 6.24. The fourth-order valence-corrected chi connectivity index (χ4v) is 2.28. The fourth-order valence-electron chi connectivity index (χ4n) is 2.28. The van der Waals surface area contributed by atoms with Crippen LogP contribution in [0, 0.1) is 0 Å². The minimum atomic E-state index is 0.357. The predicted octanol–water partition coefficient (Wildman–Crippen LogP) is 1.14. The van der Waals surface area contributed by atoms with E-state index in [2.05, 4.69) is 30.8 Å². The van der Waals surface area contributed by atoms with Crippen molar-refractivity contribution in [1.29, 1.82) is 0 Å². The highest BCUT2D eigenvalue weighted by Gasteiger charge is 2.19. The summed E-state index contributed by atoms with van der Waals surface area (Å²) in [4.78, 5) is 4.95. The van der Waals surface area contributed by atoms with E-state index in [9.17, 15) is 0 Å². The zero-order chi connectivity index (χ0) is 11.3. The van der Waals surface area contributed by atoms with Gasteiger partial charge in [-0.05, 0) is 66.3 Å². The molecule has 0 aromatic rings. The molecule has 1 atom stereocenters. The number of nitrogens with two attached hydrogens (primary N) is 1. The van der Waals surface area contributed by atoms with Crippen LogP contribution >= 0.6 is 0 Å². The number of piperidine rings is 1. The molecule has 0 bridgehead atoms. The number of likely N-dealkylation sites (tertiary alicyclic amines) is 1. The van der Waals surface area contributed by atoms with Gasteiger partial charge in [0.05, 0.1) is 0 Å². The highest BCUT2D eigenvalue weighted by atomic mass is 15.2. The smallest absolute Gasteiger partial charge is 0.0117 e. The van der Waals surface area contributed by atoms with E-state index < -0.39 is 0 Å². The van der Waals surface area contributed by atoms with Crippen LogP contribution in [0.15, 0.2) is 0 Å². The standard InChI is InChI=1S/C12H27N3/c1-11(13)5-4-8-15(3)12-6-9-14(2)10-7-12/h11-12H,4-10,13H2,1-3H3. The largest absolute Gasteiger partial charge is 0.328 e. The van der Waals surface area contributed by atoms with Crippen LogP contribution < -0.4 is 5.73 Å². The monoisotopic (exact) mass is 213 g/mol. The molecule has 0 saturated carbocycles. The van der Waals surface area contributed by atoms with Crippen molar-refractivity contribution in [2.24, 2.45) is 5.73 Å². The lowest BCUT2D eigenvalue weighted by Gasteiger charge is -2.35. The molecule has 1 aliphatic rings. The van der Waals surface area contributed by atoms with Crippen LogP contribution in [0.5, 0.6) is 0 Å². The highest BCUT2D eigenvalue weighted by Crippen LogP contribution is 2.14. The molecule has 0 aliphatic carbocycles. The zero-order valence-electron chi connectivity index (χ0n) is 10.6. The number of hydrogen-bond donors (Lipinski definition) is 1. The molecule has 3 nitrogen and oxygen atoms in total. The van der Waals surface area contributed by atoms with Gasteiger partial charge in [0.15, 0.2) is 0 Å². The number of nitrogens with zero attached hydrogens (tertiary/aromatic N) is 2. The minimum absolute atomic E-state index is 0.357. The van der Waals surface area contributed by atoms with Gasteiger partial charge in [-0.3, -0.25) is 0 Å². The van der Waals surface area contributed by atoms with Gasteiger partial charge in [0.1, 0.15) is 0 Å². The highest BCUT2D eigenvalue weighted by molar-refractivity contribution is 4.76. The van der Waals surface area contributed by atoms with Gasteiger partial charge in [0.25, 0.3) is 0 Å². The molecule has 0 aromatic carbocycles. The first-order chi connectivity index (χ1) is 7.09. The summed E-state index contributed by atoms with van der Waals surface area (Å²) in [6.45, 7) is 5.80. The number of rotatable bonds is 5. The van der Waals surface area contributed by atoms with Crippen LogP contribution in [0.1, 0.15) is 32.6 Å². The van der Waals surface area contributed by atoms with Crippen molar-refractivity contribution in [3.63, 3.8) is 0 Å². The summed E-state index contributed by atoms with van der Waals surface area (Å²) in [5, 5.41) is 0. The molecule has 1 unspecified atom stereocenters. The molecule has 0 amide bonds. The third kappa shape index (κ3) is 4.96. The second-order valence-electron chi connectivity index (χ2n) is 5.13. The van der Waals surface area contributed by atoms with E-state index in [1.807, 2.05) is 0 Å². The third-order valence-electron chi connectivity index (χ3n) is 3.48. The molecule has 0 aromatic heterocycles. The van der Waals surface area contributed by atoms with E-state index in [0.717, 1.165) is 12.5 Å². The van der Waals surface area contributed by atoms with Crippen molar-refractivity contribution >= 4 is 0 Å². The Hall–Kier alpha value is -0.120. The van der Waals surface area contributed by atoms with Gasteiger partial charge in [0, 0.05) is 12.1 Å². The minimum Gasteiger partial charge on any atom is -0.328 e. The van der Waals surface area contributed by atoms with Crippen molar-refractivity contribution < 1.29 is 0 Å². The van der Waals surface area contributed by atoms with Crippen LogP contribution in [0.2, 0.25) is 0 Å². The molecule has 1 rings (SSSR count). The van der Waals surface area contributed by atoms with E-state index in [-0.39, 0.29) is 0 Å². The summed E-state index contributed by atoms with van der Waals surface area (Å²) in [7, 11) is 4.48. The quantitative estimate of drug-likeness (QED) is 0.743. The molecular formula is C12H27N3. The van der Waals surface area contributed by atoms with Gasteiger partial charge < -0.3 is 15.5 Å². The topological polar surface area (TPSA) is 32.5 Å². The first-order valence-electron chi connectivity index (χ1n) is 6.24. The van der Waals surface area contributed by atoms with E-state index in [1.54, 1.807) is 0 Å². The Morgan fingerprint density at radius 2 is 2.00 bits per heavy atom. The lowest BCUT2D eigenvalue weighted by Crippen LogP contribution is -2.42. The van der Waals surface area contributed by atoms with Gasteiger partial charge in [-0.2, -0.15) is 0 Å². The second-order valence-corrected chi connectivity index (χ2v) is 5.13.